The second kappa shape index (κ2) is 3.43. The van der Waals surface area contributed by atoms with E-state index in [-0.39, 0.29) is 5.56 Å². The van der Waals surface area contributed by atoms with Crippen LogP contribution in [0.4, 0.5) is 0 Å². The Kier molecular flexibility index (Phi) is 2.15. The van der Waals surface area contributed by atoms with Crippen molar-refractivity contribution in [1.29, 1.82) is 0 Å². The summed E-state index contributed by atoms with van der Waals surface area (Å²) in [6.07, 6.45) is 1.59. The van der Waals surface area contributed by atoms with Crippen LogP contribution in [0.2, 0.25) is 0 Å². The van der Waals surface area contributed by atoms with Gasteiger partial charge in [-0.2, -0.15) is 5.10 Å². The van der Waals surface area contributed by atoms with Gasteiger partial charge >= 0.3 is 0 Å². The van der Waals surface area contributed by atoms with Crippen molar-refractivity contribution < 1.29 is 0 Å². The number of fused-ring (bicyclic) bond motifs is 3. The van der Waals surface area contributed by atoms with Gasteiger partial charge in [-0.1, -0.05) is 22.0 Å². The van der Waals surface area contributed by atoms with E-state index in [0.29, 0.717) is 5.52 Å². The Morgan fingerprint density at radius 2 is 2.12 bits per heavy atom. The molecule has 80 valence electrons. The fourth-order valence-corrected chi connectivity index (χ4v) is 2.83. The third-order valence-electron chi connectivity index (χ3n) is 2.46. The van der Waals surface area contributed by atoms with Crippen LogP contribution in [-0.2, 0) is 0 Å². The number of nitrogens with one attached hydrogen (secondary N) is 1. The molecule has 0 saturated carbocycles. The van der Waals surface area contributed by atoms with Crippen LogP contribution in [0.25, 0.3) is 16.4 Å². The first kappa shape index (κ1) is 10.0. The maximum Gasteiger partial charge on any atom is 0.289 e. The molecule has 16 heavy (non-hydrogen) atoms. The molecule has 0 radical (unpaired) electrons. The summed E-state index contributed by atoms with van der Waals surface area (Å²) in [5, 5.41) is 7.21. The summed E-state index contributed by atoms with van der Waals surface area (Å²) >= 11 is 6.85. The largest absolute Gasteiger partial charge is 0.293 e. The van der Waals surface area contributed by atoms with Crippen LogP contribution in [0.15, 0.2) is 38.3 Å². The zero-order valence-electron chi connectivity index (χ0n) is 7.87. The van der Waals surface area contributed by atoms with E-state index >= 15 is 0 Å². The fraction of sp³-hybridized carbons (Fsp3) is 0. The lowest BCUT2D eigenvalue weighted by molar-refractivity contribution is 0.930. The summed E-state index contributed by atoms with van der Waals surface area (Å²) in [6, 6.07) is 5.85. The minimum atomic E-state index is -0.207. The van der Waals surface area contributed by atoms with Crippen molar-refractivity contribution in [3.8, 4) is 0 Å². The SMILES string of the molecule is O=c1[nH]ncn2c1c(Br)c1ccc(Br)cc12. The van der Waals surface area contributed by atoms with Gasteiger partial charge in [0.2, 0.25) is 0 Å². The van der Waals surface area contributed by atoms with Gasteiger partial charge in [0.15, 0.2) is 0 Å². The Bertz CT molecular complexity index is 760. The molecule has 0 saturated heterocycles. The Morgan fingerprint density at radius 3 is 2.94 bits per heavy atom. The van der Waals surface area contributed by atoms with Crippen LogP contribution in [-0.4, -0.2) is 14.6 Å². The molecule has 6 heteroatoms. The molecule has 0 fully saturated rings. The molecule has 0 amide bonds. The van der Waals surface area contributed by atoms with Gasteiger partial charge in [-0.25, -0.2) is 5.10 Å². The van der Waals surface area contributed by atoms with Crippen molar-refractivity contribution in [2.45, 2.75) is 0 Å². The second-order valence-corrected chi connectivity index (χ2v) is 5.09. The summed E-state index contributed by atoms with van der Waals surface area (Å²) in [5.74, 6) is 0. The van der Waals surface area contributed by atoms with Crippen LogP contribution in [0, 0.1) is 0 Å². The van der Waals surface area contributed by atoms with Crippen LogP contribution in [0.3, 0.4) is 0 Å². The molecule has 3 aromatic rings. The van der Waals surface area contributed by atoms with Crippen LogP contribution < -0.4 is 5.56 Å². The Balaban J connectivity index is 2.71. The van der Waals surface area contributed by atoms with E-state index in [1.807, 2.05) is 18.2 Å². The minimum Gasteiger partial charge on any atom is -0.293 e. The average Bonchev–Trinajstić information content (AvgIpc) is 2.54. The van der Waals surface area contributed by atoms with Crippen LogP contribution >= 0.6 is 31.9 Å². The molecule has 2 heterocycles. The third kappa shape index (κ3) is 1.26. The molecule has 2 aromatic heterocycles. The summed E-state index contributed by atoms with van der Waals surface area (Å²) in [5.41, 5.74) is 1.31. The lowest BCUT2D eigenvalue weighted by Crippen LogP contribution is -2.10. The van der Waals surface area contributed by atoms with Gasteiger partial charge in [0.25, 0.3) is 5.56 Å². The summed E-state index contributed by atoms with van der Waals surface area (Å²) in [6.45, 7) is 0. The Morgan fingerprint density at radius 1 is 1.31 bits per heavy atom. The highest BCUT2D eigenvalue weighted by molar-refractivity contribution is 9.11. The molecule has 0 atom stereocenters. The van der Waals surface area contributed by atoms with Gasteiger partial charge in [0.05, 0.1) is 9.99 Å². The van der Waals surface area contributed by atoms with Crippen molar-refractivity contribution in [1.82, 2.24) is 14.6 Å². The van der Waals surface area contributed by atoms with Crippen LogP contribution in [0.5, 0.6) is 0 Å². The molecule has 0 aliphatic heterocycles. The Hall–Kier alpha value is -1.14. The number of halogens is 2. The summed E-state index contributed by atoms with van der Waals surface area (Å²) < 4.78 is 3.52. The van der Waals surface area contributed by atoms with Crippen molar-refractivity contribution in [3.05, 3.63) is 43.8 Å². The maximum absolute atomic E-state index is 11.7. The van der Waals surface area contributed by atoms with E-state index in [0.717, 1.165) is 19.8 Å². The monoisotopic (exact) mass is 341 g/mol. The average molecular weight is 343 g/mol. The lowest BCUT2D eigenvalue weighted by atomic mass is 10.2. The maximum atomic E-state index is 11.7. The van der Waals surface area contributed by atoms with Gasteiger partial charge in [0, 0.05) is 9.86 Å². The summed E-state index contributed by atoms with van der Waals surface area (Å²) in [7, 11) is 0. The molecule has 1 aromatic carbocycles. The molecule has 3 rings (SSSR count). The molecule has 1 N–H and O–H groups in total. The van der Waals surface area contributed by atoms with E-state index in [1.165, 1.54) is 0 Å². The molecule has 0 spiro atoms. The topological polar surface area (TPSA) is 50.2 Å². The molecule has 0 aliphatic rings. The number of nitrogens with zero attached hydrogens (tertiary/aromatic N) is 2. The number of hydrogen-bond donors (Lipinski definition) is 1. The number of aromatic amines is 1. The smallest absolute Gasteiger partial charge is 0.289 e. The van der Waals surface area contributed by atoms with E-state index in [4.69, 9.17) is 0 Å². The first-order valence-corrected chi connectivity index (χ1v) is 6.09. The van der Waals surface area contributed by atoms with Crippen molar-refractivity contribution >= 4 is 48.3 Å². The molecule has 0 bridgehead atoms. The van der Waals surface area contributed by atoms with E-state index in [9.17, 15) is 4.79 Å². The first-order chi connectivity index (χ1) is 7.68. The number of rotatable bonds is 0. The predicted molar refractivity (Wildman–Crippen MR) is 68.7 cm³/mol. The number of hydrogen-bond acceptors (Lipinski definition) is 2. The predicted octanol–water partition coefficient (Wildman–Crippen LogP) is 2.70. The molecule has 4 nitrogen and oxygen atoms in total. The number of H-pyrrole nitrogens is 1. The van der Waals surface area contributed by atoms with E-state index in [2.05, 4.69) is 42.1 Å². The van der Waals surface area contributed by atoms with Crippen LogP contribution in [0.1, 0.15) is 0 Å². The highest BCUT2D eigenvalue weighted by Crippen LogP contribution is 2.30. The van der Waals surface area contributed by atoms with Gasteiger partial charge in [-0.15, -0.1) is 0 Å². The Labute approximate surface area is 107 Å². The normalized spacial score (nSPS) is 11.4. The minimum absolute atomic E-state index is 0.207. The second-order valence-electron chi connectivity index (χ2n) is 3.38. The summed E-state index contributed by atoms with van der Waals surface area (Å²) in [4.78, 5) is 11.7. The fourth-order valence-electron chi connectivity index (χ4n) is 1.77. The first-order valence-electron chi connectivity index (χ1n) is 4.51. The highest BCUT2D eigenvalue weighted by atomic mass is 79.9. The van der Waals surface area contributed by atoms with Crippen molar-refractivity contribution in [2.75, 3.05) is 0 Å². The van der Waals surface area contributed by atoms with Gasteiger partial charge in [-0.3, -0.25) is 9.20 Å². The highest BCUT2D eigenvalue weighted by Gasteiger charge is 2.12. The van der Waals surface area contributed by atoms with Gasteiger partial charge in [0.1, 0.15) is 11.8 Å². The zero-order chi connectivity index (χ0) is 11.3. The number of benzene rings is 1. The molecule has 0 unspecified atom stereocenters. The van der Waals surface area contributed by atoms with Crippen molar-refractivity contribution in [2.24, 2.45) is 0 Å². The number of aromatic nitrogens is 3. The zero-order valence-corrected chi connectivity index (χ0v) is 11.0. The van der Waals surface area contributed by atoms with Gasteiger partial charge in [-0.05, 0) is 28.1 Å². The standard InChI is InChI=1S/C10H5Br2N3O/c11-5-1-2-6-7(3-5)15-4-13-14-10(16)9(15)8(6)12/h1-4H,(H,14,16). The lowest BCUT2D eigenvalue weighted by Gasteiger charge is -1.94. The third-order valence-corrected chi connectivity index (χ3v) is 3.75. The molecule has 0 aliphatic carbocycles. The van der Waals surface area contributed by atoms with Crippen molar-refractivity contribution in [3.63, 3.8) is 0 Å². The van der Waals surface area contributed by atoms with Gasteiger partial charge < -0.3 is 0 Å². The van der Waals surface area contributed by atoms with E-state index < -0.39 is 0 Å². The van der Waals surface area contributed by atoms with E-state index in [1.54, 1.807) is 10.7 Å². The molecular weight excluding hydrogens is 338 g/mol. The quantitative estimate of drug-likeness (QED) is 0.683. The molecular formula is C10H5Br2N3O.